The predicted molar refractivity (Wildman–Crippen MR) is 201 cm³/mol. The van der Waals surface area contributed by atoms with Gasteiger partial charge in [-0.3, -0.25) is 19.4 Å². The zero-order valence-corrected chi connectivity index (χ0v) is 32.3. The average molecular weight is 675 g/mol. The van der Waals surface area contributed by atoms with E-state index in [1.54, 1.807) is 0 Å². The van der Waals surface area contributed by atoms with Crippen LogP contribution in [0.3, 0.4) is 0 Å². The fraction of sp³-hybridized carbons (Fsp3) is 0.674. The van der Waals surface area contributed by atoms with Crippen LogP contribution < -0.4 is 0 Å². The molecule has 0 amide bonds. The molecule has 0 spiro atoms. The number of piperidine rings is 2. The molecular formula is C43H66N2O4. The third kappa shape index (κ3) is 7.11. The minimum Gasteiger partial charge on any atom is -0.480 e. The van der Waals surface area contributed by atoms with E-state index < -0.39 is 22.8 Å². The summed E-state index contributed by atoms with van der Waals surface area (Å²) in [6.45, 7) is 24.8. The van der Waals surface area contributed by atoms with Crippen LogP contribution in [0, 0.1) is 17.3 Å². The molecule has 0 bridgehead atoms. The van der Waals surface area contributed by atoms with Crippen LogP contribution in [0.2, 0.25) is 0 Å². The van der Waals surface area contributed by atoms with Gasteiger partial charge in [-0.2, -0.15) is 0 Å². The number of carboxylic acids is 2. The second-order valence-electron chi connectivity index (χ2n) is 17.9. The molecule has 0 radical (unpaired) electrons. The summed E-state index contributed by atoms with van der Waals surface area (Å²) in [4.78, 5) is 34.1. The van der Waals surface area contributed by atoms with Crippen molar-refractivity contribution in [2.45, 2.75) is 155 Å². The van der Waals surface area contributed by atoms with Crippen molar-refractivity contribution >= 4 is 11.9 Å². The van der Waals surface area contributed by atoms with Gasteiger partial charge in [0.2, 0.25) is 0 Å². The van der Waals surface area contributed by atoms with E-state index in [1.807, 2.05) is 48.5 Å². The molecule has 6 heteroatoms. The number of rotatable bonds is 14. The largest absolute Gasteiger partial charge is 0.480 e. The van der Waals surface area contributed by atoms with Gasteiger partial charge in [-0.05, 0) is 130 Å². The molecule has 0 saturated carbocycles. The number of hydrogen-bond donors (Lipinski definition) is 2. The van der Waals surface area contributed by atoms with E-state index in [1.165, 1.54) is 0 Å². The van der Waals surface area contributed by atoms with E-state index in [-0.39, 0.29) is 40.4 Å². The minimum absolute atomic E-state index is 0.0821. The van der Waals surface area contributed by atoms with Crippen LogP contribution in [0.15, 0.2) is 60.7 Å². The van der Waals surface area contributed by atoms with Crippen LogP contribution in [0.4, 0.5) is 0 Å². The van der Waals surface area contributed by atoms with Crippen molar-refractivity contribution < 1.29 is 19.8 Å². The zero-order valence-electron chi connectivity index (χ0n) is 32.3. The quantitative estimate of drug-likeness (QED) is 0.194. The van der Waals surface area contributed by atoms with Gasteiger partial charge in [-0.15, -0.1) is 0 Å². The van der Waals surface area contributed by atoms with Crippen LogP contribution in [0.5, 0.6) is 0 Å². The van der Waals surface area contributed by atoms with Crippen LogP contribution in [-0.2, 0) is 21.4 Å². The first-order valence-corrected chi connectivity index (χ1v) is 18.9. The topological polar surface area (TPSA) is 81.1 Å². The highest BCUT2D eigenvalue weighted by molar-refractivity contribution is 6.01. The number of carbonyl (C=O) groups is 2. The summed E-state index contributed by atoms with van der Waals surface area (Å²) >= 11 is 0. The van der Waals surface area contributed by atoms with Crippen molar-refractivity contribution in [3.05, 3.63) is 71.8 Å². The standard InChI is InChI=1S/C43H66N2O4/c1-11-13-25-44-38(3,4)28-34(29-39(44,5)6)43(33-23-19-16-20-24-33,35-30-40(7,8)45(26-14-12-2)41(9,10)31-35)42(36(46)47,37(48)49)27-32-21-17-15-18-22-32/h15-24,34-35H,11-14,25-31H2,1-10H3,(H,46,47)(H,48,49). The summed E-state index contributed by atoms with van der Waals surface area (Å²) in [5.41, 5.74) is -2.85. The number of likely N-dealkylation sites (tertiary alicyclic amines) is 2. The van der Waals surface area contributed by atoms with E-state index in [9.17, 15) is 19.8 Å². The maximum absolute atomic E-state index is 14.4. The van der Waals surface area contributed by atoms with Gasteiger partial charge in [-0.1, -0.05) is 87.4 Å². The smallest absolute Gasteiger partial charge is 0.322 e. The summed E-state index contributed by atoms with van der Waals surface area (Å²) in [5.74, 6) is -2.90. The third-order valence-corrected chi connectivity index (χ3v) is 12.7. The molecule has 0 aliphatic carbocycles. The third-order valence-electron chi connectivity index (χ3n) is 12.7. The lowest BCUT2D eigenvalue weighted by molar-refractivity contribution is -0.190. The van der Waals surface area contributed by atoms with E-state index >= 15 is 0 Å². The van der Waals surface area contributed by atoms with Gasteiger partial charge in [0.1, 0.15) is 0 Å². The number of benzene rings is 2. The van der Waals surface area contributed by atoms with Crippen LogP contribution >= 0.6 is 0 Å². The SMILES string of the molecule is CCCCN1C(C)(C)CC(C(c2ccccc2)(C2CC(C)(C)N(CCCC)C(C)(C)C2)C(Cc2ccccc2)(C(=O)O)C(=O)O)CC1(C)C. The molecule has 2 saturated heterocycles. The highest BCUT2D eigenvalue weighted by Crippen LogP contribution is 2.64. The zero-order chi connectivity index (χ0) is 36.5. The van der Waals surface area contributed by atoms with Gasteiger partial charge in [0.15, 0.2) is 5.41 Å². The first-order chi connectivity index (χ1) is 22.8. The Kier molecular flexibility index (Phi) is 11.6. The van der Waals surface area contributed by atoms with Crippen molar-refractivity contribution in [1.29, 1.82) is 0 Å². The minimum atomic E-state index is -2.12. The number of aliphatic carboxylic acids is 2. The fourth-order valence-electron chi connectivity index (χ4n) is 11.2. The second-order valence-corrected chi connectivity index (χ2v) is 17.9. The van der Waals surface area contributed by atoms with Crippen molar-refractivity contribution in [2.24, 2.45) is 17.3 Å². The number of nitrogens with zero attached hydrogens (tertiary/aromatic N) is 2. The van der Waals surface area contributed by atoms with Gasteiger partial charge in [-0.25, -0.2) is 0 Å². The lowest BCUT2D eigenvalue weighted by atomic mass is 9.42. The molecule has 0 aromatic heterocycles. The summed E-state index contributed by atoms with van der Waals surface area (Å²) in [7, 11) is 0. The predicted octanol–water partition coefficient (Wildman–Crippen LogP) is 9.46. The summed E-state index contributed by atoms with van der Waals surface area (Å²) in [6.07, 6.45) is 7.13. The van der Waals surface area contributed by atoms with Crippen molar-refractivity contribution in [3.63, 3.8) is 0 Å². The summed E-state index contributed by atoms with van der Waals surface area (Å²) in [6, 6.07) is 19.5. The monoisotopic (exact) mass is 675 g/mol. The Labute approximate surface area is 297 Å². The second kappa shape index (κ2) is 14.5. The molecular weight excluding hydrogens is 608 g/mol. The molecule has 2 fully saturated rings. The maximum atomic E-state index is 14.4. The Morgan fingerprint density at radius 3 is 1.31 bits per heavy atom. The first-order valence-electron chi connectivity index (χ1n) is 18.9. The Bertz CT molecular complexity index is 1320. The van der Waals surface area contributed by atoms with Gasteiger partial charge >= 0.3 is 11.9 Å². The molecule has 4 rings (SSSR count). The summed E-state index contributed by atoms with van der Waals surface area (Å²) < 4.78 is 0. The average Bonchev–Trinajstić information content (AvgIpc) is 2.99. The van der Waals surface area contributed by atoms with E-state index in [0.717, 1.165) is 49.9 Å². The first kappa shape index (κ1) is 39.1. The van der Waals surface area contributed by atoms with E-state index in [2.05, 4.69) is 91.2 Å². The molecule has 2 aliphatic rings. The van der Waals surface area contributed by atoms with Gasteiger partial charge in [0.25, 0.3) is 0 Å². The van der Waals surface area contributed by atoms with Crippen LogP contribution in [0.1, 0.15) is 132 Å². The van der Waals surface area contributed by atoms with Crippen LogP contribution in [-0.4, -0.2) is 67.2 Å². The van der Waals surface area contributed by atoms with Crippen molar-refractivity contribution in [1.82, 2.24) is 9.80 Å². The Balaban J connectivity index is 2.14. The van der Waals surface area contributed by atoms with Gasteiger partial charge in [0, 0.05) is 34.0 Å². The molecule has 2 aromatic carbocycles. The molecule has 272 valence electrons. The molecule has 0 unspecified atom stereocenters. The molecule has 49 heavy (non-hydrogen) atoms. The van der Waals surface area contributed by atoms with Crippen LogP contribution in [0.25, 0.3) is 0 Å². The molecule has 2 N–H and O–H groups in total. The highest BCUT2D eigenvalue weighted by Gasteiger charge is 2.71. The van der Waals surface area contributed by atoms with Crippen molar-refractivity contribution in [2.75, 3.05) is 13.1 Å². The number of carboxylic acid groups (broad SMARTS) is 2. The lowest BCUT2D eigenvalue weighted by Crippen LogP contribution is -2.72. The maximum Gasteiger partial charge on any atom is 0.322 e. The molecule has 2 aromatic rings. The van der Waals surface area contributed by atoms with E-state index in [4.69, 9.17) is 0 Å². The highest BCUT2D eigenvalue weighted by atomic mass is 16.4. The molecule has 2 heterocycles. The van der Waals surface area contributed by atoms with Gasteiger partial charge < -0.3 is 10.2 Å². The normalized spacial score (nSPS) is 21.8. The number of unbranched alkanes of at least 4 members (excludes halogenated alkanes) is 2. The molecule has 6 nitrogen and oxygen atoms in total. The van der Waals surface area contributed by atoms with Gasteiger partial charge in [0.05, 0.1) is 0 Å². The lowest BCUT2D eigenvalue weighted by Gasteiger charge is -2.66. The Morgan fingerprint density at radius 1 is 0.633 bits per heavy atom. The Hall–Kier alpha value is -2.70. The summed E-state index contributed by atoms with van der Waals surface area (Å²) in [5, 5.41) is 23.5. The number of hydrogen-bond acceptors (Lipinski definition) is 4. The Morgan fingerprint density at radius 2 is 0.980 bits per heavy atom. The molecule has 2 aliphatic heterocycles. The van der Waals surface area contributed by atoms with Crippen molar-refractivity contribution in [3.8, 4) is 0 Å². The van der Waals surface area contributed by atoms with E-state index in [0.29, 0.717) is 25.7 Å². The fourth-order valence-corrected chi connectivity index (χ4v) is 11.2. The molecule has 0 atom stereocenters.